The molecule has 1 fully saturated rings. The standard InChI is InChI=1S/C17H22N4O3S/c1-13-17(12-18-19(13)3)25(23,24)21-10-8-20(9-11-21)16-6-4-15(5-7-16)14(2)22/h4-7,12H,8-11H2,1-3H3. The minimum absolute atomic E-state index is 0.0364. The van der Waals surface area contributed by atoms with E-state index in [1.807, 2.05) is 12.1 Å². The first-order valence-electron chi connectivity index (χ1n) is 8.15. The highest BCUT2D eigenvalue weighted by atomic mass is 32.2. The topological polar surface area (TPSA) is 75.5 Å². The van der Waals surface area contributed by atoms with Crippen LogP contribution in [0.15, 0.2) is 35.4 Å². The summed E-state index contributed by atoms with van der Waals surface area (Å²) in [5, 5.41) is 4.04. The lowest BCUT2D eigenvalue weighted by Gasteiger charge is -2.35. The summed E-state index contributed by atoms with van der Waals surface area (Å²) < 4.78 is 28.7. The van der Waals surface area contributed by atoms with Crippen molar-refractivity contribution in [3.05, 3.63) is 41.7 Å². The van der Waals surface area contributed by atoms with Crippen LogP contribution in [0.1, 0.15) is 23.0 Å². The zero-order valence-electron chi connectivity index (χ0n) is 14.6. The lowest BCUT2D eigenvalue weighted by Crippen LogP contribution is -2.48. The maximum Gasteiger partial charge on any atom is 0.246 e. The molecule has 0 amide bonds. The Morgan fingerprint density at radius 3 is 2.16 bits per heavy atom. The van der Waals surface area contributed by atoms with Crippen molar-refractivity contribution in [2.45, 2.75) is 18.7 Å². The molecule has 0 radical (unpaired) electrons. The van der Waals surface area contributed by atoms with E-state index in [2.05, 4.69) is 10.00 Å². The SMILES string of the molecule is CC(=O)c1ccc(N2CCN(S(=O)(=O)c3cnn(C)c3C)CC2)cc1. The van der Waals surface area contributed by atoms with Gasteiger partial charge in [0.15, 0.2) is 5.78 Å². The zero-order chi connectivity index (χ0) is 18.2. The van der Waals surface area contributed by atoms with E-state index in [9.17, 15) is 13.2 Å². The number of aryl methyl sites for hydroxylation is 1. The van der Waals surface area contributed by atoms with Gasteiger partial charge in [-0.25, -0.2) is 8.42 Å². The van der Waals surface area contributed by atoms with Crippen LogP contribution in [0.2, 0.25) is 0 Å². The largest absolute Gasteiger partial charge is 0.369 e. The number of anilines is 1. The first-order chi connectivity index (χ1) is 11.8. The maximum absolute atomic E-state index is 12.8. The van der Waals surface area contributed by atoms with Crippen LogP contribution in [-0.4, -0.2) is 54.5 Å². The summed E-state index contributed by atoms with van der Waals surface area (Å²) in [4.78, 5) is 13.8. The highest BCUT2D eigenvalue weighted by Gasteiger charge is 2.31. The van der Waals surface area contributed by atoms with Crippen molar-refractivity contribution in [2.24, 2.45) is 7.05 Å². The van der Waals surface area contributed by atoms with Crippen LogP contribution in [0.5, 0.6) is 0 Å². The molecular formula is C17H22N4O3S. The van der Waals surface area contributed by atoms with Crippen molar-refractivity contribution in [2.75, 3.05) is 31.1 Å². The molecule has 0 saturated carbocycles. The van der Waals surface area contributed by atoms with Crippen LogP contribution in [0.25, 0.3) is 0 Å². The summed E-state index contributed by atoms with van der Waals surface area (Å²) in [7, 11) is -1.78. The van der Waals surface area contributed by atoms with E-state index >= 15 is 0 Å². The number of sulfonamides is 1. The number of carbonyl (C=O) groups excluding carboxylic acids is 1. The molecular weight excluding hydrogens is 340 g/mol. The number of ketones is 1. The fraction of sp³-hybridized carbons (Fsp3) is 0.412. The van der Waals surface area contributed by atoms with E-state index < -0.39 is 10.0 Å². The molecule has 1 aliphatic heterocycles. The van der Waals surface area contributed by atoms with Crippen molar-refractivity contribution >= 4 is 21.5 Å². The Hall–Kier alpha value is -2.19. The summed E-state index contributed by atoms with van der Waals surface area (Å²) in [6, 6.07) is 7.43. The van der Waals surface area contributed by atoms with Gasteiger partial charge in [0.05, 0.1) is 11.9 Å². The Balaban J connectivity index is 1.71. The fourth-order valence-corrected chi connectivity index (χ4v) is 4.57. The highest BCUT2D eigenvalue weighted by Crippen LogP contribution is 2.23. The van der Waals surface area contributed by atoms with E-state index in [0.717, 1.165) is 5.69 Å². The molecule has 0 spiro atoms. The second-order valence-corrected chi connectivity index (χ2v) is 8.12. The van der Waals surface area contributed by atoms with Gasteiger partial charge in [0, 0.05) is 44.5 Å². The number of Topliss-reactive ketones (excluding diaryl/α,β-unsaturated/α-hetero) is 1. The van der Waals surface area contributed by atoms with Crippen molar-refractivity contribution in [3.63, 3.8) is 0 Å². The Bertz CT molecular complexity index is 879. The van der Waals surface area contributed by atoms with E-state index in [0.29, 0.717) is 37.4 Å². The number of hydrogen-bond donors (Lipinski definition) is 0. The quantitative estimate of drug-likeness (QED) is 0.770. The third-order valence-electron chi connectivity index (χ3n) is 4.69. The molecule has 7 nitrogen and oxygen atoms in total. The second-order valence-electron chi connectivity index (χ2n) is 6.21. The number of aromatic nitrogens is 2. The van der Waals surface area contributed by atoms with Gasteiger partial charge in [-0.2, -0.15) is 9.40 Å². The summed E-state index contributed by atoms with van der Waals surface area (Å²) in [5.74, 6) is 0.0364. The zero-order valence-corrected chi connectivity index (χ0v) is 15.5. The summed E-state index contributed by atoms with van der Waals surface area (Å²) in [6.07, 6.45) is 1.41. The van der Waals surface area contributed by atoms with E-state index in [4.69, 9.17) is 0 Å². The highest BCUT2D eigenvalue weighted by molar-refractivity contribution is 7.89. The molecule has 1 aromatic carbocycles. The summed E-state index contributed by atoms with van der Waals surface area (Å²) >= 11 is 0. The van der Waals surface area contributed by atoms with E-state index in [1.54, 1.807) is 37.7 Å². The molecule has 0 unspecified atom stereocenters. The number of piperazine rings is 1. The number of carbonyl (C=O) groups is 1. The lowest BCUT2D eigenvalue weighted by molar-refractivity contribution is 0.101. The molecule has 1 aromatic heterocycles. The van der Waals surface area contributed by atoms with Crippen LogP contribution in [0, 0.1) is 6.92 Å². The van der Waals surface area contributed by atoms with Gasteiger partial charge in [0.1, 0.15) is 4.90 Å². The molecule has 1 aliphatic rings. The average Bonchev–Trinajstić information content (AvgIpc) is 2.95. The number of hydrogen-bond acceptors (Lipinski definition) is 5. The summed E-state index contributed by atoms with van der Waals surface area (Å²) in [5.41, 5.74) is 2.32. The Morgan fingerprint density at radius 1 is 1.08 bits per heavy atom. The minimum Gasteiger partial charge on any atom is -0.369 e. The molecule has 3 rings (SSSR count). The van der Waals surface area contributed by atoms with Gasteiger partial charge < -0.3 is 4.90 Å². The van der Waals surface area contributed by atoms with Gasteiger partial charge in [0.2, 0.25) is 10.0 Å². The van der Waals surface area contributed by atoms with Gasteiger partial charge in [-0.05, 0) is 38.1 Å². The van der Waals surface area contributed by atoms with Crippen LogP contribution < -0.4 is 4.90 Å². The molecule has 0 bridgehead atoms. The second kappa shape index (κ2) is 6.61. The number of rotatable bonds is 4. The van der Waals surface area contributed by atoms with Crippen molar-refractivity contribution < 1.29 is 13.2 Å². The monoisotopic (exact) mass is 362 g/mol. The van der Waals surface area contributed by atoms with Gasteiger partial charge in [-0.15, -0.1) is 0 Å². The first kappa shape index (κ1) is 17.6. The Morgan fingerprint density at radius 2 is 1.68 bits per heavy atom. The molecule has 2 heterocycles. The molecule has 0 N–H and O–H groups in total. The Kier molecular flexibility index (Phi) is 4.66. The van der Waals surface area contributed by atoms with Crippen molar-refractivity contribution in [1.82, 2.24) is 14.1 Å². The maximum atomic E-state index is 12.8. The average molecular weight is 362 g/mol. The van der Waals surface area contributed by atoms with Crippen LogP contribution in [0.3, 0.4) is 0 Å². The third kappa shape index (κ3) is 3.32. The van der Waals surface area contributed by atoms with Gasteiger partial charge >= 0.3 is 0 Å². The fourth-order valence-electron chi connectivity index (χ4n) is 2.96. The predicted molar refractivity (Wildman–Crippen MR) is 95.4 cm³/mol. The summed E-state index contributed by atoms with van der Waals surface area (Å²) in [6.45, 7) is 5.36. The molecule has 134 valence electrons. The normalized spacial score (nSPS) is 16.2. The predicted octanol–water partition coefficient (Wildman–Crippen LogP) is 1.44. The number of benzene rings is 1. The minimum atomic E-state index is -3.52. The van der Waals surface area contributed by atoms with E-state index in [1.165, 1.54) is 10.5 Å². The van der Waals surface area contributed by atoms with Crippen molar-refractivity contribution in [1.29, 1.82) is 0 Å². The molecule has 0 aliphatic carbocycles. The lowest BCUT2D eigenvalue weighted by atomic mass is 10.1. The molecule has 1 saturated heterocycles. The van der Waals surface area contributed by atoms with Gasteiger partial charge in [-0.3, -0.25) is 9.48 Å². The third-order valence-corrected chi connectivity index (χ3v) is 6.69. The molecule has 2 aromatic rings. The first-order valence-corrected chi connectivity index (χ1v) is 9.59. The number of nitrogens with zero attached hydrogens (tertiary/aromatic N) is 4. The van der Waals surface area contributed by atoms with Gasteiger partial charge in [-0.1, -0.05) is 0 Å². The molecule has 25 heavy (non-hydrogen) atoms. The van der Waals surface area contributed by atoms with Gasteiger partial charge in [0.25, 0.3) is 0 Å². The Labute approximate surface area is 147 Å². The van der Waals surface area contributed by atoms with Crippen LogP contribution >= 0.6 is 0 Å². The van der Waals surface area contributed by atoms with Crippen molar-refractivity contribution in [3.8, 4) is 0 Å². The molecule has 8 heteroatoms. The van der Waals surface area contributed by atoms with Crippen LogP contribution in [-0.2, 0) is 17.1 Å². The molecule has 0 atom stereocenters. The smallest absolute Gasteiger partial charge is 0.246 e. The van der Waals surface area contributed by atoms with E-state index in [-0.39, 0.29) is 10.7 Å². The van der Waals surface area contributed by atoms with Crippen LogP contribution in [0.4, 0.5) is 5.69 Å².